The van der Waals surface area contributed by atoms with Crippen LogP contribution in [0.1, 0.15) is 17.3 Å². The van der Waals surface area contributed by atoms with Crippen molar-refractivity contribution < 1.29 is 14.0 Å². The van der Waals surface area contributed by atoms with Gasteiger partial charge in [-0.1, -0.05) is 6.92 Å². The molecule has 0 saturated carbocycles. The Morgan fingerprint density at radius 3 is 2.62 bits per heavy atom. The lowest BCUT2D eigenvalue weighted by Gasteiger charge is -2.23. The van der Waals surface area contributed by atoms with E-state index in [0.717, 1.165) is 13.1 Å². The Morgan fingerprint density at radius 1 is 1.29 bits per heavy atom. The highest BCUT2D eigenvalue weighted by Gasteiger charge is 2.35. The van der Waals surface area contributed by atoms with Crippen molar-refractivity contribution in [2.75, 3.05) is 37.4 Å². The molecule has 0 bridgehead atoms. The van der Waals surface area contributed by atoms with Crippen LogP contribution in [0.4, 0.5) is 15.8 Å². The molecule has 3 rings (SSSR count). The van der Waals surface area contributed by atoms with Gasteiger partial charge in [-0.3, -0.25) is 9.59 Å². The van der Waals surface area contributed by atoms with Crippen LogP contribution in [0.2, 0.25) is 0 Å². The molecule has 1 N–H and O–H groups in total. The number of fused-ring (bicyclic) bond motifs is 1. The summed E-state index contributed by atoms with van der Waals surface area (Å²) in [6.45, 7) is 3.62. The molecule has 2 unspecified atom stereocenters. The molecule has 0 aliphatic carbocycles. The number of anilines is 2. The number of nitrogens with one attached hydrogen (secondary N) is 1. The zero-order valence-electron chi connectivity index (χ0n) is 12.3. The first-order valence-corrected chi connectivity index (χ1v) is 6.99. The quantitative estimate of drug-likeness (QED) is 0.836. The fourth-order valence-electron chi connectivity index (χ4n) is 3.22. The lowest BCUT2D eigenvalue weighted by molar-refractivity contribution is -0.112. The van der Waals surface area contributed by atoms with Crippen LogP contribution in [0.5, 0.6) is 0 Å². The van der Waals surface area contributed by atoms with Gasteiger partial charge >= 0.3 is 0 Å². The first-order chi connectivity index (χ1) is 9.88. The number of likely N-dealkylation sites (N-methyl/N-ethyl adjacent to an activating group) is 1. The molecule has 2 heterocycles. The third-order valence-corrected chi connectivity index (χ3v) is 4.36. The maximum Gasteiger partial charge on any atom is 0.296 e. The van der Waals surface area contributed by atoms with Gasteiger partial charge in [-0.15, -0.1) is 0 Å². The number of nitrogens with zero attached hydrogens (tertiary/aromatic N) is 2. The Morgan fingerprint density at radius 2 is 2.00 bits per heavy atom. The molecule has 112 valence electrons. The molecule has 2 aliphatic heterocycles. The monoisotopic (exact) mass is 291 g/mol. The van der Waals surface area contributed by atoms with Crippen molar-refractivity contribution in [2.45, 2.75) is 13.0 Å². The number of amides is 1. The molecule has 1 amide bonds. The Bertz CT molecular complexity index is 630. The first kappa shape index (κ1) is 14.0. The SMILES string of the molecule is CC1CN(c2cc3c(cc2F)C(=O)C(=O)N3)CC1N(C)C. The van der Waals surface area contributed by atoms with Crippen molar-refractivity contribution in [2.24, 2.45) is 5.92 Å². The van der Waals surface area contributed by atoms with Crippen LogP contribution in [0.3, 0.4) is 0 Å². The molecule has 1 fully saturated rings. The molecule has 0 aromatic heterocycles. The lowest BCUT2D eigenvalue weighted by Crippen LogP contribution is -2.34. The molecule has 6 heteroatoms. The Balaban J connectivity index is 1.93. The molecular formula is C15H18FN3O2. The maximum absolute atomic E-state index is 14.3. The molecule has 1 saturated heterocycles. The van der Waals surface area contributed by atoms with Gasteiger partial charge in [-0.25, -0.2) is 4.39 Å². The third kappa shape index (κ3) is 2.19. The van der Waals surface area contributed by atoms with E-state index < -0.39 is 17.5 Å². The van der Waals surface area contributed by atoms with Crippen molar-refractivity contribution in [1.29, 1.82) is 0 Å². The van der Waals surface area contributed by atoms with Crippen molar-refractivity contribution in [3.05, 3.63) is 23.5 Å². The molecule has 0 radical (unpaired) electrons. The summed E-state index contributed by atoms with van der Waals surface area (Å²) in [6, 6.07) is 3.09. The van der Waals surface area contributed by atoms with Gasteiger partial charge in [-0.2, -0.15) is 0 Å². The zero-order chi connectivity index (χ0) is 15.3. The van der Waals surface area contributed by atoms with Crippen LogP contribution in [-0.4, -0.2) is 49.8 Å². The smallest absolute Gasteiger partial charge is 0.296 e. The minimum Gasteiger partial charge on any atom is -0.367 e. The summed E-state index contributed by atoms with van der Waals surface area (Å²) in [5.74, 6) is -1.40. The number of halogens is 1. The predicted molar refractivity (Wildman–Crippen MR) is 78.2 cm³/mol. The summed E-state index contributed by atoms with van der Waals surface area (Å²) in [7, 11) is 4.03. The van der Waals surface area contributed by atoms with E-state index in [2.05, 4.69) is 17.1 Å². The molecule has 2 aliphatic rings. The van der Waals surface area contributed by atoms with Gasteiger partial charge in [0.15, 0.2) is 0 Å². The van der Waals surface area contributed by atoms with E-state index >= 15 is 0 Å². The normalized spacial score (nSPS) is 24.7. The van der Waals surface area contributed by atoms with E-state index in [9.17, 15) is 14.0 Å². The third-order valence-electron chi connectivity index (χ3n) is 4.36. The van der Waals surface area contributed by atoms with Crippen molar-refractivity contribution in [3.63, 3.8) is 0 Å². The van der Waals surface area contributed by atoms with Gasteiger partial charge in [-0.05, 0) is 32.1 Å². The van der Waals surface area contributed by atoms with Crippen LogP contribution >= 0.6 is 0 Å². The summed E-state index contributed by atoms with van der Waals surface area (Å²) < 4.78 is 14.3. The fraction of sp³-hybridized carbons (Fsp3) is 0.467. The van der Waals surface area contributed by atoms with Gasteiger partial charge in [0.1, 0.15) is 5.82 Å². The van der Waals surface area contributed by atoms with Crippen LogP contribution in [0.25, 0.3) is 0 Å². The second-order valence-corrected chi connectivity index (χ2v) is 6.05. The van der Waals surface area contributed by atoms with Gasteiger partial charge in [0, 0.05) is 19.1 Å². The second kappa shape index (κ2) is 4.80. The average molecular weight is 291 g/mol. The predicted octanol–water partition coefficient (Wildman–Crippen LogP) is 1.35. The molecular weight excluding hydrogens is 273 g/mol. The van der Waals surface area contributed by atoms with Crippen LogP contribution in [0, 0.1) is 11.7 Å². The number of rotatable bonds is 2. The molecule has 21 heavy (non-hydrogen) atoms. The Labute approximate surface area is 122 Å². The van der Waals surface area contributed by atoms with Crippen molar-refractivity contribution in [3.8, 4) is 0 Å². The van der Waals surface area contributed by atoms with Gasteiger partial charge in [0.05, 0.1) is 16.9 Å². The largest absolute Gasteiger partial charge is 0.367 e. The number of ketones is 1. The highest BCUT2D eigenvalue weighted by atomic mass is 19.1. The van der Waals surface area contributed by atoms with Gasteiger partial charge in [0.2, 0.25) is 0 Å². The fourth-order valence-corrected chi connectivity index (χ4v) is 3.22. The molecule has 1 aromatic carbocycles. The van der Waals surface area contributed by atoms with Crippen LogP contribution < -0.4 is 10.2 Å². The average Bonchev–Trinajstić information content (AvgIpc) is 2.92. The summed E-state index contributed by atoms with van der Waals surface area (Å²) >= 11 is 0. The van der Waals surface area contributed by atoms with E-state index in [1.165, 1.54) is 6.07 Å². The molecule has 2 atom stereocenters. The van der Waals surface area contributed by atoms with E-state index in [-0.39, 0.29) is 5.56 Å². The molecule has 1 aromatic rings. The highest BCUT2D eigenvalue weighted by molar-refractivity contribution is 6.51. The minimum atomic E-state index is -0.692. The number of carbonyl (C=O) groups excluding carboxylic acids is 2. The summed E-state index contributed by atoms with van der Waals surface area (Å²) in [6.07, 6.45) is 0. The van der Waals surface area contributed by atoms with E-state index in [1.54, 1.807) is 6.07 Å². The summed E-state index contributed by atoms with van der Waals surface area (Å²) in [5.41, 5.74) is 0.972. The van der Waals surface area contributed by atoms with Gasteiger partial charge < -0.3 is 15.1 Å². The van der Waals surface area contributed by atoms with E-state index in [4.69, 9.17) is 0 Å². The van der Waals surface area contributed by atoms with Gasteiger partial charge in [0.25, 0.3) is 11.7 Å². The van der Waals surface area contributed by atoms with Crippen molar-refractivity contribution >= 4 is 23.1 Å². The van der Waals surface area contributed by atoms with Crippen LogP contribution in [0.15, 0.2) is 12.1 Å². The Kier molecular flexibility index (Phi) is 3.20. The first-order valence-electron chi connectivity index (χ1n) is 6.99. The van der Waals surface area contributed by atoms with Crippen LogP contribution in [-0.2, 0) is 4.79 Å². The minimum absolute atomic E-state index is 0.123. The number of benzene rings is 1. The second-order valence-electron chi connectivity index (χ2n) is 6.05. The summed E-state index contributed by atoms with van der Waals surface area (Å²) in [4.78, 5) is 27.1. The summed E-state index contributed by atoms with van der Waals surface area (Å²) in [5, 5.41) is 2.49. The zero-order valence-corrected chi connectivity index (χ0v) is 12.3. The standard InChI is InChI=1S/C15H18FN3O2/c1-8-6-19(7-13(8)18(2)3)12-5-11-9(4-10(12)16)14(20)15(21)17-11/h4-5,8,13H,6-7H2,1-3H3,(H,17,20,21). The number of hydrogen-bond donors (Lipinski definition) is 1. The number of hydrogen-bond acceptors (Lipinski definition) is 4. The lowest BCUT2D eigenvalue weighted by atomic mass is 10.1. The topological polar surface area (TPSA) is 52.7 Å². The maximum atomic E-state index is 14.3. The molecule has 0 spiro atoms. The Hall–Kier alpha value is -1.95. The van der Waals surface area contributed by atoms with E-state index in [0.29, 0.717) is 23.3 Å². The van der Waals surface area contributed by atoms with Crippen molar-refractivity contribution in [1.82, 2.24) is 4.90 Å². The molecule has 5 nitrogen and oxygen atoms in total. The van der Waals surface area contributed by atoms with E-state index in [1.807, 2.05) is 19.0 Å². The number of Topliss-reactive ketones (excluding diaryl/α,β-unsaturated/α-hetero) is 1. The number of carbonyl (C=O) groups is 2. The highest BCUT2D eigenvalue weighted by Crippen LogP contribution is 2.34.